The number of hydrogen-bond donors (Lipinski definition) is 0. The zero-order chi connectivity index (χ0) is 8.27. The number of carbonyl (C=O) groups is 1. The average Bonchev–Trinajstić information content (AvgIpc) is 2.05. The van der Waals surface area contributed by atoms with Gasteiger partial charge in [0.1, 0.15) is 5.78 Å². The first-order valence-electron chi connectivity index (χ1n) is 3.47. The van der Waals surface area contributed by atoms with Crippen LogP contribution in [-0.2, 0) is 32.7 Å². The van der Waals surface area contributed by atoms with Crippen molar-refractivity contribution in [3.63, 3.8) is 0 Å². The molecular formula is C10H10OY-2. The number of ketones is 1. The van der Waals surface area contributed by atoms with Crippen molar-refractivity contribution in [2.45, 2.75) is 0 Å². The van der Waals surface area contributed by atoms with Crippen LogP contribution >= 0.6 is 0 Å². The summed E-state index contributed by atoms with van der Waals surface area (Å²) in [6.07, 6.45) is 0. The van der Waals surface area contributed by atoms with Crippen LogP contribution in [-0.4, -0.2) is 5.78 Å². The molecule has 0 fully saturated rings. The second-order valence-electron chi connectivity index (χ2n) is 2.43. The van der Waals surface area contributed by atoms with E-state index in [-0.39, 0.29) is 38.5 Å². The first-order chi connectivity index (χ1) is 5.22. The summed E-state index contributed by atoms with van der Waals surface area (Å²) in [6, 6.07) is 9.07. The number of carbonyl (C=O) groups excluding carboxylic acids is 1. The smallest absolute Gasteiger partial charge is 0.107 e. The molecule has 0 N–H and O–H groups in total. The van der Waals surface area contributed by atoms with Crippen LogP contribution in [0.1, 0.15) is 10.4 Å². The predicted octanol–water partition coefficient (Wildman–Crippen LogP) is 2.15. The van der Waals surface area contributed by atoms with Crippen molar-refractivity contribution in [1.29, 1.82) is 0 Å². The first-order valence-corrected chi connectivity index (χ1v) is 3.47. The Kier molecular flexibility index (Phi) is 5.60. The summed E-state index contributed by atoms with van der Waals surface area (Å²) >= 11 is 0. The molecule has 0 saturated carbocycles. The van der Waals surface area contributed by atoms with E-state index in [0.717, 1.165) is 0 Å². The van der Waals surface area contributed by atoms with E-state index in [0.29, 0.717) is 5.56 Å². The normalized spacial score (nSPS) is 9.25. The molecule has 0 atom stereocenters. The summed E-state index contributed by atoms with van der Waals surface area (Å²) in [5.41, 5.74) is 0.683. The standard InChI is InChI=1S/C10H10O.Y/c1-8(2)10(11)9-6-4-3-5-7-9;/h3-8H,1-2H2;/q-2;. The van der Waals surface area contributed by atoms with Crippen molar-refractivity contribution in [3.8, 4) is 0 Å². The Bertz CT molecular complexity index is 241. The van der Waals surface area contributed by atoms with E-state index in [9.17, 15) is 4.79 Å². The predicted molar refractivity (Wildman–Crippen MR) is 45.0 cm³/mol. The molecule has 0 aliphatic heterocycles. The van der Waals surface area contributed by atoms with Crippen LogP contribution in [0.25, 0.3) is 0 Å². The molecule has 0 heterocycles. The van der Waals surface area contributed by atoms with Gasteiger partial charge in [-0.05, 0) is 0 Å². The summed E-state index contributed by atoms with van der Waals surface area (Å²) in [5.74, 6) is -0.414. The van der Waals surface area contributed by atoms with Gasteiger partial charge in [0.2, 0.25) is 0 Å². The molecule has 1 nitrogen and oxygen atoms in total. The molecule has 1 radical (unpaired) electrons. The summed E-state index contributed by atoms with van der Waals surface area (Å²) in [4.78, 5) is 11.2. The third kappa shape index (κ3) is 3.16. The van der Waals surface area contributed by atoms with Gasteiger partial charge in [-0.3, -0.25) is 4.79 Å². The molecule has 12 heavy (non-hydrogen) atoms. The van der Waals surface area contributed by atoms with E-state index in [1.807, 2.05) is 18.2 Å². The molecule has 0 bridgehead atoms. The van der Waals surface area contributed by atoms with E-state index in [2.05, 4.69) is 13.8 Å². The zero-order valence-electron chi connectivity index (χ0n) is 6.86. The van der Waals surface area contributed by atoms with Crippen molar-refractivity contribution in [1.82, 2.24) is 0 Å². The summed E-state index contributed by atoms with van der Waals surface area (Å²) < 4.78 is 0. The van der Waals surface area contributed by atoms with Gasteiger partial charge in [0.05, 0.1) is 0 Å². The van der Waals surface area contributed by atoms with Crippen molar-refractivity contribution in [2.24, 2.45) is 5.92 Å². The van der Waals surface area contributed by atoms with Gasteiger partial charge in [-0.25, -0.2) is 5.92 Å². The van der Waals surface area contributed by atoms with Crippen LogP contribution in [0.3, 0.4) is 0 Å². The fraction of sp³-hybridized carbons (Fsp3) is 0.100. The summed E-state index contributed by atoms with van der Waals surface area (Å²) in [7, 11) is 0. The van der Waals surface area contributed by atoms with E-state index in [1.165, 1.54) is 0 Å². The van der Waals surface area contributed by atoms with Crippen molar-refractivity contribution in [2.75, 3.05) is 0 Å². The largest absolute Gasteiger partial charge is 0.362 e. The molecule has 0 aliphatic rings. The fourth-order valence-electron chi connectivity index (χ4n) is 0.838. The van der Waals surface area contributed by atoms with Gasteiger partial charge < -0.3 is 13.8 Å². The number of hydrogen-bond acceptors (Lipinski definition) is 1. The molecule has 0 aliphatic carbocycles. The van der Waals surface area contributed by atoms with Crippen LogP contribution in [0.2, 0.25) is 0 Å². The maximum absolute atomic E-state index is 11.2. The Morgan fingerprint density at radius 2 is 1.67 bits per heavy atom. The van der Waals surface area contributed by atoms with E-state index >= 15 is 0 Å². The topological polar surface area (TPSA) is 17.1 Å². The van der Waals surface area contributed by atoms with Crippen molar-refractivity contribution < 1.29 is 37.5 Å². The van der Waals surface area contributed by atoms with Gasteiger partial charge in [0.25, 0.3) is 0 Å². The van der Waals surface area contributed by atoms with Crippen LogP contribution in [0.5, 0.6) is 0 Å². The zero-order valence-corrected chi connectivity index (χ0v) is 9.70. The molecule has 61 valence electrons. The summed E-state index contributed by atoms with van der Waals surface area (Å²) in [6.45, 7) is 7.11. The van der Waals surface area contributed by atoms with Gasteiger partial charge >= 0.3 is 0 Å². The van der Waals surface area contributed by atoms with Gasteiger partial charge in [-0.1, -0.05) is 30.3 Å². The monoisotopic (exact) mass is 235 g/mol. The fourth-order valence-corrected chi connectivity index (χ4v) is 0.838. The minimum absolute atomic E-state index is 0. The van der Waals surface area contributed by atoms with Gasteiger partial charge in [-0.2, -0.15) is 0 Å². The number of Topliss-reactive ketones (excluding diaryl/α,β-unsaturated/α-hetero) is 1. The summed E-state index contributed by atoms with van der Waals surface area (Å²) in [5, 5.41) is 0. The molecule has 0 amide bonds. The molecular weight excluding hydrogens is 225 g/mol. The average molecular weight is 235 g/mol. The second-order valence-corrected chi connectivity index (χ2v) is 2.43. The first kappa shape index (κ1) is 12.0. The van der Waals surface area contributed by atoms with Crippen LogP contribution < -0.4 is 0 Å². The molecule has 0 spiro atoms. The Hall–Kier alpha value is -0.00610. The molecule has 0 unspecified atom stereocenters. The SMILES string of the molecule is [CH2-]C([CH2-])C(=O)c1ccccc1.[Y]. The molecule has 1 aromatic rings. The van der Waals surface area contributed by atoms with Gasteiger partial charge in [0, 0.05) is 38.3 Å². The van der Waals surface area contributed by atoms with Crippen molar-refractivity contribution in [3.05, 3.63) is 49.7 Å². The quantitative estimate of drug-likeness (QED) is 0.567. The molecule has 0 saturated heterocycles. The molecule has 1 aromatic carbocycles. The second kappa shape index (κ2) is 5.61. The van der Waals surface area contributed by atoms with Crippen LogP contribution in [0, 0.1) is 19.8 Å². The Morgan fingerprint density at radius 1 is 1.17 bits per heavy atom. The maximum atomic E-state index is 11.2. The Balaban J connectivity index is 0.00000121. The third-order valence-corrected chi connectivity index (χ3v) is 1.43. The maximum Gasteiger partial charge on any atom is 0.107 e. The van der Waals surface area contributed by atoms with Crippen LogP contribution in [0.4, 0.5) is 0 Å². The molecule has 0 aromatic heterocycles. The van der Waals surface area contributed by atoms with E-state index < -0.39 is 5.92 Å². The number of rotatable bonds is 2. The van der Waals surface area contributed by atoms with Crippen LogP contribution in [0.15, 0.2) is 30.3 Å². The third-order valence-electron chi connectivity index (χ3n) is 1.43. The Labute approximate surface area is 98.4 Å². The number of benzene rings is 1. The van der Waals surface area contributed by atoms with Gasteiger partial charge in [-0.15, -0.1) is 0 Å². The van der Waals surface area contributed by atoms with E-state index in [4.69, 9.17) is 0 Å². The van der Waals surface area contributed by atoms with Crippen molar-refractivity contribution >= 4 is 5.78 Å². The van der Waals surface area contributed by atoms with E-state index in [1.54, 1.807) is 12.1 Å². The minimum atomic E-state index is -0.405. The van der Waals surface area contributed by atoms with Gasteiger partial charge in [0.15, 0.2) is 0 Å². The molecule has 2 heteroatoms. The minimum Gasteiger partial charge on any atom is -0.362 e. The molecule has 1 rings (SSSR count). The Morgan fingerprint density at radius 3 is 2.08 bits per heavy atom.